The number of hydrogen-bond acceptors (Lipinski definition) is 2. The van der Waals surface area contributed by atoms with Gasteiger partial charge in [0.15, 0.2) is 0 Å². The maximum atomic E-state index is 5.58. The van der Waals surface area contributed by atoms with E-state index in [2.05, 4.69) is 64.0 Å². The average Bonchev–Trinajstić information content (AvgIpc) is 3.11. The molecule has 2 aromatic carbocycles. The van der Waals surface area contributed by atoms with Gasteiger partial charge in [0.2, 0.25) is 0 Å². The first kappa shape index (κ1) is 13.6. The number of fused-ring (bicyclic) bond motifs is 1. The summed E-state index contributed by atoms with van der Waals surface area (Å²) in [6.07, 6.45) is 3.67. The van der Waals surface area contributed by atoms with E-state index in [4.69, 9.17) is 4.74 Å². The van der Waals surface area contributed by atoms with Crippen molar-refractivity contribution < 1.29 is 4.74 Å². The molecule has 3 nitrogen and oxygen atoms in total. The molecule has 0 spiro atoms. The van der Waals surface area contributed by atoms with Crippen molar-refractivity contribution in [1.82, 2.24) is 9.38 Å². The van der Waals surface area contributed by atoms with E-state index >= 15 is 0 Å². The normalized spacial score (nSPS) is 10.8. The highest BCUT2D eigenvalue weighted by Crippen LogP contribution is 2.37. The van der Waals surface area contributed by atoms with Gasteiger partial charge in [0.1, 0.15) is 11.3 Å². The van der Waals surface area contributed by atoms with Crippen LogP contribution >= 0.6 is 0 Å². The minimum Gasteiger partial charge on any atom is -0.494 e. The van der Waals surface area contributed by atoms with Gasteiger partial charge >= 0.3 is 0 Å². The minimum atomic E-state index is 0.820. The summed E-state index contributed by atoms with van der Waals surface area (Å²) >= 11 is 0. The molecule has 3 heteroatoms. The van der Waals surface area contributed by atoms with Crippen molar-refractivity contribution in [3.63, 3.8) is 0 Å². The van der Waals surface area contributed by atoms with Crippen molar-refractivity contribution in [2.24, 2.45) is 0 Å². The number of imidazole rings is 1. The number of aromatic nitrogens is 2. The maximum absolute atomic E-state index is 5.58. The summed E-state index contributed by atoms with van der Waals surface area (Å²) < 4.78 is 7.67. The Morgan fingerprint density at radius 2 is 1.52 bits per heavy atom. The molecular formula is C20H16N2O. The third-order valence-electron chi connectivity index (χ3n) is 4.01. The zero-order chi connectivity index (χ0) is 15.6. The van der Waals surface area contributed by atoms with Gasteiger partial charge in [0.25, 0.3) is 0 Å². The standard InChI is InChI=1S/C20H16N2O/c1-23-19-12-17(15-8-4-2-5-9-15)20(16-10-6-3-7-11-16)22-14-21-13-18(19)22/h2-14H,1H3. The maximum Gasteiger partial charge on any atom is 0.145 e. The second-order valence-electron chi connectivity index (χ2n) is 5.36. The molecule has 0 saturated carbocycles. The second-order valence-corrected chi connectivity index (χ2v) is 5.36. The Bertz CT molecular complexity index is 943. The largest absolute Gasteiger partial charge is 0.494 e. The Hall–Kier alpha value is -3.07. The van der Waals surface area contributed by atoms with E-state index in [1.807, 2.05) is 24.7 Å². The molecule has 0 aliphatic heterocycles. The summed E-state index contributed by atoms with van der Waals surface area (Å²) in [5.74, 6) is 0.820. The molecule has 0 radical (unpaired) electrons. The predicted molar refractivity (Wildman–Crippen MR) is 92.6 cm³/mol. The van der Waals surface area contributed by atoms with Crippen LogP contribution in [0.4, 0.5) is 0 Å². The molecule has 2 heterocycles. The van der Waals surface area contributed by atoms with E-state index in [0.29, 0.717) is 0 Å². The summed E-state index contributed by atoms with van der Waals surface area (Å²) in [6.45, 7) is 0. The molecule has 0 bridgehead atoms. The van der Waals surface area contributed by atoms with E-state index in [0.717, 1.165) is 33.7 Å². The fraction of sp³-hybridized carbons (Fsp3) is 0.0500. The van der Waals surface area contributed by atoms with Crippen LogP contribution in [0.3, 0.4) is 0 Å². The molecule has 0 fully saturated rings. The molecule has 0 unspecified atom stereocenters. The van der Waals surface area contributed by atoms with Crippen LogP contribution in [-0.4, -0.2) is 16.5 Å². The monoisotopic (exact) mass is 300 g/mol. The van der Waals surface area contributed by atoms with Crippen LogP contribution in [-0.2, 0) is 0 Å². The lowest BCUT2D eigenvalue weighted by Gasteiger charge is -2.15. The lowest BCUT2D eigenvalue weighted by molar-refractivity contribution is 0.418. The Balaban J connectivity index is 2.11. The Morgan fingerprint density at radius 1 is 0.870 bits per heavy atom. The van der Waals surface area contributed by atoms with Gasteiger partial charge in [-0.05, 0) is 17.2 Å². The number of nitrogens with zero attached hydrogens (tertiary/aromatic N) is 2. The van der Waals surface area contributed by atoms with E-state index in [-0.39, 0.29) is 0 Å². The fourth-order valence-electron chi connectivity index (χ4n) is 2.95. The molecule has 0 N–H and O–H groups in total. The molecule has 0 amide bonds. The molecule has 2 aromatic heterocycles. The fourth-order valence-corrected chi connectivity index (χ4v) is 2.95. The van der Waals surface area contributed by atoms with Crippen molar-refractivity contribution in [3.05, 3.63) is 79.3 Å². The van der Waals surface area contributed by atoms with Gasteiger partial charge in [-0.2, -0.15) is 0 Å². The van der Waals surface area contributed by atoms with Crippen molar-refractivity contribution in [2.45, 2.75) is 0 Å². The number of methoxy groups -OCH3 is 1. The highest BCUT2D eigenvalue weighted by molar-refractivity contribution is 5.86. The van der Waals surface area contributed by atoms with Gasteiger partial charge < -0.3 is 4.74 Å². The summed E-state index contributed by atoms with van der Waals surface area (Å²) in [5.41, 5.74) is 5.51. The number of hydrogen-bond donors (Lipinski definition) is 0. The van der Waals surface area contributed by atoms with Crippen LogP contribution in [0.2, 0.25) is 0 Å². The van der Waals surface area contributed by atoms with E-state index in [1.165, 1.54) is 0 Å². The second kappa shape index (κ2) is 5.61. The van der Waals surface area contributed by atoms with Crippen LogP contribution in [0.15, 0.2) is 79.3 Å². The smallest absolute Gasteiger partial charge is 0.145 e. The number of benzene rings is 2. The number of pyridine rings is 1. The van der Waals surface area contributed by atoms with Crippen molar-refractivity contribution in [1.29, 1.82) is 0 Å². The molecule has 23 heavy (non-hydrogen) atoms. The van der Waals surface area contributed by atoms with Crippen LogP contribution in [0, 0.1) is 0 Å². The zero-order valence-corrected chi connectivity index (χ0v) is 12.8. The molecular weight excluding hydrogens is 284 g/mol. The molecule has 0 saturated heterocycles. The van der Waals surface area contributed by atoms with Crippen LogP contribution in [0.1, 0.15) is 0 Å². The quantitative estimate of drug-likeness (QED) is 0.549. The summed E-state index contributed by atoms with van der Waals surface area (Å²) in [6, 6.07) is 22.8. The Labute approximate surface area is 134 Å². The Morgan fingerprint density at radius 3 is 2.17 bits per heavy atom. The van der Waals surface area contributed by atoms with E-state index in [9.17, 15) is 0 Å². The molecule has 4 aromatic rings. The molecule has 4 rings (SSSR count). The highest BCUT2D eigenvalue weighted by atomic mass is 16.5. The molecule has 112 valence electrons. The van der Waals surface area contributed by atoms with E-state index < -0.39 is 0 Å². The first-order valence-electron chi connectivity index (χ1n) is 7.52. The molecule has 0 aliphatic rings. The molecule has 0 aliphatic carbocycles. The average molecular weight is 300 g/mol. The molecule has 0 atom stereocenters. The first-order valence-corrected chi connectivity index (χ1v) is 7.52. The van der Waals surface area contributed by atoms with Gasteiger partial charge in [-0.25, -0.2) is 4.98 Å². The van der Waals surface area contributed by atoms with Crippen LogP contribution < -0.4 is 4.74 Å². The topological polar surface area (TPSA) is 26.5 Å². The Kier molecular flexibility index (Phi) is 3.31. The predicted octanol–water partition coefficient (Wildman–Crippen LogP) is 4.68. The summed E-state index contributed by atoms with van der Waals surface area (Å²) in [5, 5.41) is 0. The third kappa shape index (κ3) is 2.27. The van der Waals surface area contributed by atoms with Crippen molar-refractivity contribution in [2.75, 3.05) is 7.11 Å². The lowest BCUT2D eigenvalue weighted by atomic mass is 9.98. The van der Waals surface area contributed by atoms with Crippen LogP contribution in [0.25, 0.3) is 27.9 Å². The summed E-state index contributed by atoms with van der Waals surface area (Å²) in [4.78, 5) is 4.31. The third-order valence-corrected chi connectivity index (χ3v) is 4.01. The van der Waals surface area contributed by atoms with Gasteiger partial charge in [0, 0.05) is 5.56 Å². The first-order chi connectivity index (χ1) is 11.4. The number of ether oxygens (including phenoxy) is 1. The SMILES string of the molecule is COc1cc(-c2ccccc2)c(-c2ccccc2)n2cncc12. The van der Waals surface area contributed by atoms with Crippen molar-refractivity contribution in [3.8, 4) is 28.1 Å². The van der Waals surface area contributed by atoms with Gasteiger partial charge in [0.05, 0.1) is 25.3 Å². The lowest BCUT2D eigenvalue weighted by Crippen LogP contribution is -1.97. The summed E-state index contributed by atoms with van der Waals surface area (Å²) in [7, 11) is 1.69. The highest BCUT2D eigenvalue weighted by Gasteiger charge is 2.15. The van der Waals surface area contributed by atoms with Gasteiger partial charge in [-0.15, -0.1) is 0 Å². The minimum absolute atomic E-state index is 0.820. The van der Waals surface area contributed by atoms with Gasteiger partial charge in [-0.3, -0.25) is 4.40 Å². The van der Waals surface area contributed by atoms with Crippen molar-refractivity contribution >= 4 is 5.52 Å². The zero-order valence-electron chi connectivity index (χ0n) is 12.8. The number of rotatable bonds is 3. The van der Waals surface area contributed by atoms with Crippen LogP contribution in [0.5, 0.6) is 5.75 Å². The van der Waals surface area contributed by atoms with Gasteiger partial charge in [-0.1, -0.05) is 60.7 Å². The van der Waals surface area contributed by atoms with E-state index in [1.54, 1.807) is 7.11 Å².